The van der Waals surface area contributed by atoms with Crippen molar-refractivity contribution in [3.63, 3.8) is 0 Å². The maximum absolute atomic E-state index is 13.7. The van der Waals surface area contributed by atoms with Crippen molar-refractivity contribution >= 4 is 11.9 Å². The summed E-state index contributed by atoms with van der Waals surface area (Å²) in [5.74, 6) is 0.295. The second-order valence-corrected chi connectivity index (χ2v) is 20.2. The molecule has 10 heteroatoms. The zero-order valence-corrected chi connectivity index (χ0v) is 34.8. The predicted octanol–water partition coefficient (Wildman–Crippen LogP) is 7.70. The molecule has 3 saturated carbocycles. The minimum atomic E-state index is -0.656. The van der Waals surface area contributed by atoms with Crippen molar-refractivity contribution in [2.24, 2.45) is 68.3 Å². The number of aliphatic carboxylic acids is 1. The molecule has 2 bridgehead atoms. The van der Waals surface area contributed by atoms with Gasteiger partial charge >= 0.3 is 5.97 Å². The van der Waals surface area contributed by atoms with Crippen LogP contribution in [0.5, 0.6) is 0 Å². The van der Waals surface area contributed by atoms with E-state index >= 15 is 0 Å². The Morgan fingerprint density at radius 2 is 1.83 bits per heavy atom. The molecule has 0 radical (unpaired) electrons. The highest BCUT2D eigenvalue weighted by molar-refractivity contribution is 5.90. The number of carboxylic acids is 1. The number of nitrogens with one attached hydrogen (secondary N) is 1. The van der Waals surface area contributed by atoms with Crippen LogP contribution < -0.4 is 11.1 Å². The van der Waals surface area contributed by atoms with E-state index in [1.165, 1.54) is 11.9 Å². The fourth-order valence-corrected chi connectivity index (χ4v) is 12.6. The first-order valence-corrected chi connectivity index (χ1v) is 20.8. The lowest BCUT2D eigenvalue weighted by molar-refractivity contribution is -0.254. The molecule has 1 aromatic rings. The lowest BCUT2D eigenvalue weighted by Crippen LogP contribution is -2.70. The first kappa shape index (κ1) is 40.4. The third-order valence-electron chi connectivity index (χ3n) is 16.8. The molecule has 0 spiro atoms. The fraction of sp³-hybridized carbons (Fsp3) is 0.860. The molecule has 53 heavy (non-hydrogen) atoms. The molecule has 12 atom stereocenters. The Kier molecular flexibility index (Phi) is 10.7. The van der Waals surface area contributed by atoms with Crippen LogP contribution in [-0.4, -0.2) is 69.8 Å². The molecule has 1 aromatic heterocycles. The van der Waals surface area contributed by atoms with Crippen molar-refractivity contribution in [1.82, 2.24) is 20.1 Å². The first-order chi connectivity index (χ1) is 24.7. The average molecular weight is 738 g/mol. The molecular formula is C43H71N5O5. The number of amides is 1. The van der Waals surface area contributed by atoms with Gasteiger partial charge in [-0.2, -0.15) is 5.10 Å². The third kappa shape index (κ3) is 6.05. The summed E-state index contributed by atoms with van der Waals surface area (Å²) in [6, 6.07) is -0.272. The third-order valence-corrected chi connectivity index (χ3v) is 16.8. The van der Waals surface area contributed by atoms with Crippen molar-refractivity contribution in [3.8, 4) is 0 Å². The van der Waals surface area contributed by atoms with Crippen molar-refractivity contribution in [3.05, 3.63) is 23.8 Å². The first-order valence-electron chi connectivity index (χ1n) is 20.8. The summed E-state index contributed by atoms with van der Waals surface area (Å²) >= 11 is 0. The number of fused-ring (bicyclic) bond motifs is 3. The molecule has 6 rings (SSSR count). The van der Waals surface area contributed by atoms with Gasteiger partial charge in [-0.15, -0.1) is 0 Å². The van der Waals surface area contributed by atoms with Crippen LogP contribution in [0, 0.1) is 62.6 Å². The molecule has 4 N–H and O–H groups in total. The Labute approximate surface area is 319 Å². The predicted molar refractivity (Wildman–Crippen MR) is 207 cm³/mol. The monoisotopic (exact) mass is 738 g/mol. The van der Waals surface area contributed by atoms with Crippen molar-refractivity contribution < 1.29 is 24.2 Å². The zero-order valence-electron chi connectivity index (χ0n) is 34.8. The number of nitrogens with two attached hydrogens (primary N) is 1. The molecule has 10 nitrogen and oxygen atoms in total. The van der Waals surface area contributed by atoms with Crippen LogP contribution in [0.3, 0.4) is 0 Å². The van der Waals surface area contributed by atoms with Crippen LogP contribution in [0.4, 0.5) is 0 Å². The summed E-state index contributed by atoms with van der Waals surface area (Å²) in [5.41, 5.74) is 6.09. The number of allylic oxidation sites excluding steroid dienone is 1. The van der Waals surface area contributed by atoms with E-state index in [1.54, 1.807) is 0 Å². The highest BCUT2D eigenvalue weighted by Crippen LogP contribution is 2.75. The fourth-order valence-electron chi connectivity index (χ4n) is 12.6. The Morgan fingerprint density at radius 3 is 2.47 bits per heavy atom. The molecule has 298 valence electrons. The Bertz CT molecular complexity index is 1570. The number of ether oxygens (including phenoxy) is 2. The van der Waals surface area contributed by atoms with Gasteiger partial charge in [-0.25, -0.2) is 9.67 Å². The largest absolute Gasteiger partial charge is 0.481 e. The van der Waals surface area contributed by atoms with Crippen molar-refractivity contribution in [2.75, 3.05) is 26.4 Å². The van der Waals surface area contributed by atoms with E-state index in [-0.39, 0.29) is 52.1 Å². The molecule has 2 heterocycles. The van der Waals surface area contributed by atoms with Gasteiger partial charge in [0.2, 0.25) is 5.82 Å². The molecule has 1 aliphatic heterocycles. The molecule has 0 unspecified atom stereocenters. The maximum Gasteiger partial charge on any atom is 0.307 e. The number of aromatic nitrogens is 3. The number of nitrogens with zero attached hydrogens (tertiary/aromatic N) is 3. The molecule has 1 saturated heterocycles. The number of rotatable bonds is 12. The minimum absolute atomic E-state index is 0.177. The van der Waals surface area contributed by atoms with Gasteiger partial charge in [0, 0.05) is 17.5 Å². The maximum atomic E-state index is 13.7. The van der Waals surface area contributed by atoms with E-state index in [0.29, 0.717) is 50.4 Å². The number of unbranched alkanes of at least 4 members (excludes halogenated alkanes) is 1. The van der Waals surface area contributed by atoms with Gasteiger partial charge < -0.3 is 25.6 Å². The molecule has 5 aliphatic rings. The summed E-state index contributed by atoms with van der Waals surface area (Å²) in [7, 11) is 0. The molecule has 0 aromatic carbocycles. The standard InChI is InChI=1S/C43H71N5O5/c1-12-13-20-45-36(49)35-46-25-47-48(35)31-21-38(7)22-52-24-43(34(31)53-23-42(11,44)27(4)5)30-16-17-41(10)33(37(50)51)39(8,28(6)26(2)3)18-19-40(41,9)29(30)14-15-32(38)43/h16,25-29,31-34H,12-15,17-24,44H2,1-11H3,(H,45,49)(H,50,51)/t28-,29+,31-,32-,33-,34+,38-,39-,40-,41+,42+,43+/m1/s1. The summed E-state index contributed by atoms with van der Waals surface area (Å²) in [5, 5.41) is 19.0. The zero-order chi connectivity index (χ0) is 38.9. The van der Waals surface area contributed by atoms with Crippen LogP contribution in [0.25, 0.3) is 0 Å². The number of hydrogen-bond acceptors (Lipinski definition) is 7. The smallest absolute Gasteiger partial charge is 0.307 e. The highest BCUT2D eigenvalue weighted by atomic mass is 16.5. The van der Waals surface area contributed by atoms with Gasteiger partial charge in [0.05, 0.1) is 37.9 Å². The molecule has 4 fully saturated rings. The quantitative estimate of drug-likeness (QED) is 0.146. The van der Waals surface area contributed by atoms with Gasteiger partial charge in [0.25, 0.3) is 5.91 Å². The normalized spacial score (nSPS) is 41.1. The second-order valence-electron chi connectivity index (χ2n) is 20.2. The van der Waals surface area contributed by atoms with Crippen molar-refractivity contribution in [2.45, 2.75) is 145 Å². The van der Waals surface area contributed by atoms with E-state index in [0.717, 1.165) is 44.9 Å². The lowest BCUT2D eigenvalue weighted by Gasteiger charge is -2.71. The average Bonchev–Trinajstić information content (AvgIpc) is 3.57. The van der Waals surface area contributed by atoms with Crippen LogP contribution in [0.15, 0.2) is 18.0 Å². The summed E-state index contributed by atoms with van der Waals surface area (Å²) in [6.45, 7) is 26.6. The van der Waals surface area contributed by atoms with E-state index in [4.69, 9.17) is 20.3 Å². The van der Waals surface area contributed by atoms with Crippen LogP contribution in [-0.2, 0) is 14.3 Å². The van der Waals surface area contributed by atoms with Crippen LogP contribution in [0.1, 0.15) is 144 Å². The Balaban J connectivity index is 1.51. The van der Waals surface area contributed by atoms with E-state index < -0.39 is 28.3 Å². The molecular weight excluding hydrogens is 667 g/mol. The van der Waals surface area contributed by atoms with Crippen LogP contribution in [0.2, 0.25) is 0 Å². The summed E-state index contributed by atoms with van der Waals surface area (Å²) in [4.78, 5) is 31.8. The van der Waals surface area contributed by atoms with Gasteiger partial charge in [0.15, 0.2) is 0 Å². The number of carboxylic acid groups (broad SMARTS) is 1. The van der Waals surface area contributed by atoms with Crippen molar-refractivity contribution in [1.29, 1.82) is 0 Å². The van der Waals surface area contributed by atoms with Crippen LogP contribution >= 0.6 is 0 Å². The van der Waals surface area contributed by atoms with Gasteiger partial charge in [-0.3, -0.25) is 9.59 Å². The van der Waals surface area contributed by atoms with Gasteiger partial charge in [0.1, 0.15) is 6.33 Å². The number of carbonyl (C=O) groups excluding carboxylic acids is 1. The Hall–Kier alpha value is -2.30. The van der Waals surface area contributed by atoms with Gasteiger partial charge in [-0.05, 0) is 103 Å². The minimum Gasteiger partial charge on any atom is -0.481 e. The number of hydrogen-bond donors (Lipinski definition) is 3. The van der Waals surface area contributed by atoms with E-state index in [2.05, 4.69) is 92.5 Å². The van der Waals surface area contributed by atoms with E-state index in [9.17, 15) is 14.7 Å². The molecule has 1 amide bonds. The Morgan fingerprint density at radius 1 is 1.11 bits per heavy atom. The number of carbonyl (C=O) groups is 2. The topological polar surface area (TPSA) is 142 Å². The highest BCUT2D eigenvalue weighted by Gasteiger charge is 2.73. The summed E-state index contributed by atoms with van der Waals surface area (Å²) < 4.78 is 15.9. The molecule has 4 aliphatic carbocycles. The lowest BCUT2D eigenvalue weighted by atomic mass is 9.34. The SMILES string of the molecule is CCCCNC(=O)c1ncnn1[C@@H]1C[C@]2(C)COC[C@@]3(C4=CC[C@@]5(C)[C@H](C(=O)O)[C@@](C)([C@H](C)C(C)C)CC[C@]5(C)[C@H]4CC[C@H]23)[C@H]1OC[C@](C)(N)C(C)C. The van der Waals surface area contributed by atoms with Gasteiger partial charge in [-0.1, -0.05) is 87.3 Å². The summed E-state index contributed by atoms with van der Waals surface area (Å²) in [6.07, 6.45) is 10.8. The second kappa shape index (κ2) is 14.0. The van der Waals surface area contributed by atoms with E-state index in [1.807, 2.05) is 4.68 Å².